The van der Waals surface area contributed by atoms with Crippen molar-refractivity contribution >= 4 is 31.2 Å². The highest BCUT2D eigenvalue weighted by molar-refractivity contribution is 7.91. The van der Waals surface area contributed by atoms with Gasteiger partial charge in [0.2, 0.25) is 0 Å². The number of Topliss-reactive ketones (excluding diaryl/α,β-unsaturated/α-hetero) is 2. The van der Waals surface area contributed by atoms with E-state index in [4.69, 9.17) is 0 Å². The van der Waals surface area contributed by atoms with Crippen LogP contribution in [0.2, 0.25) is 0 Å². The number of benzene rings is 4. The van der Waals surface area contributed by atoms with Crippen LogP contribution in [0.1, 0.15) is 60.7 Å². The van der Waals surface area contributed by atoms with Gasteiger partial charge in [0.1, 0.15) is 0 Å². The van der Waals surface area contributed by atoms with Crippen molar-refractivity contribution in [1.29, 1.82) is 0 Å². The summed E-state index contributed by atoms with van der Waals surface area (Å²) < 4.78 is 49.2. The fourth-order valence-corrected chi connectivity index (χ4v) is 9.29. The summed E-state index contributed by atoms with van der Waals surface area (Å²) in [5.41, 5.74) is 3.59. The SMILES string of the molecule is CS(=O)(=O)c1ccc([C@H]2[C@@H]3C(=O)c4ccccc4[C@@H]3[C@H](c3ccc(S(C)(=O)=O)cc3)[C@@]23Cc2ccccc2C3=O)cc1. The van der Waals surface area contributed by atoms with Gasteiger partial charge in [-0.25, -0.2) is 16.8 Å². The summed E-state index contributed by atoms with van der Waals surface area (Å²) in [5.74, 6) is -1.89. The Hall–Kier alpha value is -3.88. The van der Waals surface area contributed by atoms with E-state index >= 15 is 0 Å². The van der Waals surface area contributed by atoms with Gasteiger partial charge in [-0.3, -0.25) is 9.59 Å². The molecule has 0 N–H and O–H groups in total. The fourth-order valence-electron chi connectivity index (χ4n) is 8.03. The molecular formula is C34H28O6S2. The molecule has 0 aromatic heterocycles. The van der Waals surface area contributed by atoms with Crippen LogP contribution in [0.3, 0.4) is 0 Å². The minimum atomic E-state index is -3.45. The molecule has 4 aromatic carbocycles. The van der Waals surface area contributed by atoms with E-state index in [0.29, 0.717) is 17.5 Å². The van der Waals surface area contributed by atoms with Crippen molar-refractivity contribution in [3.05, 3.63) is 130 Å². The maximum absolute atomic E-state index is 14.8. The van der Waals surface area contributed by atoms with E-state index in [1.807, 2.05) is 48.5 Å². The average Bonchev–Trinajstić information content (AvgIpc) is 3.53. The van der Waals surface area contributed by atoms with Crippen molar-refractivity contribution in [3.63, 3.8) is 0 Å². The summed E-state index contributed by atoms with van der Waals surface area (Å²) in [4.78, 5) is 29.4. The Kier molecular flexibility index (Phi) is 5.82. The molecule has 0 radical (unpaired) electrons. The maximum Gasteiger partial charge on any atom is 0.175 e. The molecule has 0 unspecified atom stereocenters. The lowest BCUT2D eigenvalue weighted by Gasteiger charge is -2.38. The van der Waals surface area contributed by atoms with E-state index in [1.54, 1.807) is 48.5 Å². The quantitative estimate of drug-likeness (QED) is 0.313. The van der Waals surface area contributed by atoms with Gasteiger partial charge in [0.15, 0.2) is 31.2 Å². The number of ketones is 2. The number of carbonyl (C=O) groups is 2. The predicted octanol–water partition coefficient (Wildman–Crippen LogP) is 5.40. The summed E-state index contributed by atoms with van der Waals surface area (Å²) in [7, 11) is -6.89. The largest absolute Gasteiger partial charge is 0.294 e. The molecule has 6 nitrogen and oxygen atoms in total. The van der Waals surface area contributed by atoms with Crippen molar-refractivity contribution in [2.24, 2.45) is 11.3 Å². The summed E-state index contributed by atoms with van der Waals surface area (Å²) in [6.45, 7) is 0. The molecule has 0 bridgehead atoms. The standard InChI is InChI=1S/C34H28O6S2/c1-41(37,38)23-15-11-20(12-16-23)30-28-26-9-5-6-10-27(26)32(35)29(28)31(21-13-17-24(18-14-21)42(2,39)40)34(30)19-22-7-3-4-8-25(22)33(34)36/h3-18,28-31H,19H2,1-2H3/t28-,29+,30-,31-,34-/m0/s1. The average molecular weight is 597 g/mol. The van der Waals surface area contributed by atoms with E-state index in [1.165, 1.54) is 0 Å². The van der Waals surface area contributed by atoms with Gasteiger partial charge in [-0.2, -0.15) is 0 Å². The van der Waals surface area contributed by atoms with Gasteiger partial charge in [-0.05, 0) is 52.9 Å². The number of carbonyl (C=O) groups excluding carboxylic acids is 2. The predicted molar refractivity (Wildman–Crippen MR) is 158 cm³/mol. The van der Waals surface area contributed by atoms with Crippen molar-refractivity contribution < 1.29 is 26.4 Å². The molecule has 0 heterocycles. The lowest BCUT2D eigenvalue weighted by Crippen LogP contribution is -2.38. The van der Waals surface area contributed by atoms with Crippen LogP contribution in [0.15, 0.2) is 107 Å². The second kappa shape index (κ2) is 9.06. The summed E-state index contributed by atoms with van der Waals surface area (Å²) in [5, 5.41) is 0. The summed E-state index contributed by atoms with van der Waals surface area (Å²) >= 11 is 0. The Morgan fingerprint density at radius 1 is 0.595 bits per heavy atom. The molecule has 1 spiro atoms. The Bertz CT molecular complexity index is 2010. The van der Waals surface area contributed by atoms with Gasteiger partial charge in [0.05, 0.1) is 15.2 Å². The van der Waals surface area contributed by atoms with Gasteiger partial charge in [0.25, 0.3) is 0 Å². The molecule has 42 heavy (non-hydrogen) atoms. The summed E-state index contributed by atoms with van der Waals surface area (Å²) in [6.07, 6.45) is 2.73. The third kappa shape index (κ3) is 3.74. The normalized spacial score (nSPS) is 26.3. The number of fused-ring (bicyclic) bond motifs is 4. The minimum absolute atomic E-state index is 0.0221. The van der Waals surface area contributed by atoms with Crippen LogP contribution < -0.4 is 0 Å². The Labute approximate surface area is 245 Å². The first-order valence-corrected chi connectivity index (χ1v) is 17.6. The molecule has 4 aromatic rings. The van der Waals surface area contributed by atoms with Crippen molar-refractivity contribution in [2.75, 3.05) is 12.5 Å². The minimum Gasteiger partial charge on any atom is -0.294 e. The first kappa shape index (κ1) is 27.0. The third-order valence-corrected chi connectivity index (χ3v) is 11.9. The van der Waals surface area contributed by atoms with Crippen LogP contribution in [0, 0.1) is 11.3 Å². The van der Waals surface area contributed by atoms with E-state index in [2.05, 4.69) is 0 Å². The van der Waals surface area contributed by atoms with Gasteiger partial charge in [-0.15, -0.1) is 0 Å². The first-order valence-electron chi connectivity index (χ1n) is 13.8. The molecule has 0 aliphatic heterocycles. The lowest BCUT2D eigenvalue weighted by atomic mass is 9.62. The number of hydrogen-bond donors (Lipinski definition) is 0. The Morgan fingerprint density at radius 2 is 1.07 bits per heavy atom. The first-order chi connectivity index (χ1) is 19.9. The van der Waals surface area contributed by atoms with Gasteiger partial charge in [0, 0.05) is 47.3 Å². The Morgan fingerprint density at radius 3 is 1.60 bits per heavy atom. The topological polar surface area (TPSA) is 102 Å². The fraction of sp³-hybridized carbons (Fsp3) is 0.235. The van der Waals surface area contributed by atoms with Crippen LogP contribution in [-0.4, -0.2) is 40.9 Å². The van der Waals surface area contributed by atoms with E-state index in [-0.39, 0.29) is 27.3 Å². The zero-order chi connectivity index (χ0) is 29.6. The van der Waals surface area contributed by atoms with Crippen molar-refractivity contribution in [2.45, 2.75) is 34.0 Å². The molecular weight excluding hydrogens is 569 g/mol. The Balaban J connectivity index is 1.52. The molecule has 0 saturated heterocycles. The number of sulfone groups is 2. The van der Waals surface area contributed by atoms with Crippen LogP contribution in [0.25, 0.3) is 0 Å². The second-order valence-electron chi connectivity index (χ2n) is 11.8. The highest BCUT2D eigenvalue weighted by Crippen LogP contribution is 2.72. The van der Waals surface area contributed by atoms with Gasteiger partial charge >= 0.3 is 0 Å². The number of hydrogen-bond acceptors (Lipinski definition) is 6. The van der Waals surface area contributed by atoms with Gasteiger partial charge in [-0.1, -0.05) is 72.8 Å². The molecule has 3 aliphatic rings. The van der Waals surface area contributed by atoms with E-state index in [9.17, 15) is 26.4 Å². The van der Waals surface area contributed by atoms with Crippen molar-refractivity contribution in [1.82, 2.24) is 0 Å². The lowest BCUT2D eigenvalue weighted by molar-refractivity contribution is 0.0745. The molecule has 1 fully saturated rings. The summed E-state index contributed by atoms with van der Waals surface area (Å²) in [6, 6.07) is 28.5. The zero-order valence-electron chi connectivity index (χ0n) is 23.0. The molecule has 1 saturated carbocycles. The molecule has 8 heteroatoms. The molecule has 5 atom stereocenters. The van der Waals surface area contributed by atoms with Crippen LogP contribution in [0.5, 0.6) is 0 Å². The molecule has 3 aliphatic carbocycles. The van der Waals surface area contributed by atoms with Crippen LogP contribution in [0.4, 0.5) is 0 Å². The molecule has 0 amide bonds. The van der Waals surface area contributed by atoms with Gasteiger partial charge < -0.3 is 0 Å². The molecule has 212 valence electrons. The third-order valence-electron chi connectivity index (χ3n) is 9.61. The second-order valence-corrected chi connectivity index (χ2v) is 15.9. The smallest absolute Gasteiger partial charge is 0.175 e. The molecule has 7 rings (SSSR count). The highest BCUT2D eigenvalue weighted by atomic mass is 32.2. The van der Waals surface area contributed by atoms with Crippen LogP contribution >= 0.6 is 0 Å². The van der Waals surface area contributed by atoms with E-state index in [0.717, 1.165) is 34.8 Å². The highest BCUT2D eigenvalue weighted by Gasteiger charge is 2.70. The zero-order valence-corrected chi connectivity index (χ0v) is 24.7. The number of rotatable bonds is 4. The maximum atomic E-state index is 14.8. The van der Waals surface area contributed by atoms with E-state index < -0.39 is 42.8 Å². The van der Waals surface area contributed by atoms with Crippen molar-refractivity contribution in [3.8, 4) is 0 Å². The van der Waals surface area contributed by atoms with Crippen LogP contribution in [-0.2, 0) is 26.1 Å². The monoisotopic (exact) mass is 596 g/mol.